The standard InChI is InChI=1S/C26H23NO/c1-13-16-5-4-8-27-20(16)11-19-17-7-6-14-12-26(2,3)25-24-21(28-25)10-15(9-18(13)19)22(17)23(14)24/h4-9,11-12,19,21,25,27H,10H2,1-3H3/t19?,21-,25+/m1/s1. The van der Waals surface area contributed by atoms with E-state index in [1.165, 1.54) is 49.6 Å². The molecule has 0 bridgehead atoms. The first kappa shape index (κ1) is 15.4. The van der Waals surface area contributed by atoms with Gasteiger partial charge in [0.05, 0.1) is 12.2 Å². The number of hydrogen-bond donors (Lipinski definition) is 1. The molecule has 4 aliphatic carbocycles. The van der Waals surface area contributed by atoms with E-state index in [0.29, 0.717) is 5.92 Å². The minimum absolute atomic E-state index is 0.0788. The Balaban J connectivity index is 1.58. The van der Waals surface area contributed by atoms with Crippen molar-refractivity contribution >= 4 is 17.2 Å². The van der Waals surface area contributed by atoms with E-state index in [4.69, 9.17) is 4.74 Å². The lowest BCUT2D eigenvalue weighted by Crippen LogP contribution is -2.59. The summed E-state index contributed by atoms with van der Waals surface area (Å²) in [5, 5.41) is 6.36. The predicted octanol–water partition coefficient (Wildman–Crippen LogP) is 3.57. The summed E-state index contributed by atoms with van der Waals surface area (Å²) in [6.07, 6.45) is 15.2. The van der Waals surface area contributed by atoms with Crippen LogP contribution in [0.4, 0.5) is 0 Å². The van der Waals surface area contributed by atoms with E-state index in [2.05, 4.69) is 68.6 Å². The third kappa shape index (κ3) is 1.65. The van der Waals surface area contributed by atoms with Crippen LogP contribution in [0.3, 0.4) is 0 Å². The molecular formula is C26H23NO. The van der Waals surface area contributed by atoms with Crippen molar-refractivity contribution < 1.29 is 4.74 Å². The summed E-state index contributed by atoms with van der Waals surface area (Å²) in [6.45, 7) is 6.88. The molecule has 1 aromatic rings. The zero-order valence-electron chi connectivity index (χ0n) is 16.5. The van der Waals surface area contributed by atoms with Crippen molar-refractivity contribution in [2.24, 2.45) is 5.41 Å². The van der Waals surface area contributed by atoms with Crippen molar-refractivity contribution in [2.75, 3.05) is 0 Å². The highest BCUT2D eigenvalue weighted by atomic mass is 16.5. The highest BCUT2D eigenvalue weighted by Gasteiger charge is 2.50. The van der Waals surface area contributed by atoms with Gasteiger partial charge in [0, 0.05) is 35.2 Å². The largest absolute Gasteiger partial charge is 0.365 e. The van der Waals surface area contributed by atoms with Crippen LogP contribution in [0.15, 0.2) is 65.1 Å². The van der Waals surface area contributed by atoms with Crippen molar-refractivity contribution in [2.45, 2.75) is 45.3 Å². The number of dihydropyridines is 1. The van der Waals surface area contributed by atoms with Crippen LogP contribution < -0.4 is 15.8 Å². The second-order valence-electron chi connectivity index (χ2n) is 9.52. The molecule has 28 heavy (non-hydrogen) atoms. The van der Waals surface area contributed by atoms with Gasteiger partial charge in [-0.2, -0.15) is 0 Å². The van der Waals surface area contributed by atoms with Crippen molar-refractivity contribution in [1.82, 2.24) is 5.32 Å². The molecule has 1 fully saturated rings. The Morgan fingerprint density at radius 3 is 3.00 bits per heavy atom. The summed E-state index contributed by atoms with van der Waals surface area (Å²) in [4.78, 5) is 0. The molecule has 1 unspecified atom stereocenters. The Morgan fingerprint density at radius 2 is 2.11 bits per heavy atom. The molecule has 2 nitrogen and oxygen atoms in total. The second kappa shape index (κ2) is 4.69. The molecule has 3 atom stereocenters. The van der Waals surface area contributed by atoms with Gasteiger partial charge in [-0.1, -0.05) is 44.2 Å². The highest BCUT2D eigenvalue weighted by molar-refractivity contribution is 5.87. The molecule has 0 amide bonds. The summed E-state index contributed by atoms with van der Waals surface area (Å²) in [6, 6.07) is 4.74. The molecule has 1 aromatic carbocycles. The first-order valence-electron chi connectivity index (χ1n) is 10.4. The van der Waals surface area contributed by atoms with Crippen molar-refractivity contribution in [3.05, 3.63) is 86.6 Å². The average Bonchev–Trinajstić information content (AvgIpc) is 2.65. The van der Waals surface area contributed by atoms with Crippen LogP contribution in [0, 0.1) is 5.41 Å². The average molecular weight is 365 g/mol. The molecule has 0 spiro atoms. The molecule has 6 aliphatic rings. The van der Waals surface area contributed by atoms with Crippen LogP contribution >= 0.6 is 0 Å². The highest BCUT2D eigenvalue weighted by Crippen LogP contribution is 2.52. The normalized spacial score (nSPS) is 31.9. The molecule has 1 saturated heterocycles. The first-order chi connectivity index (χ1) is 13.5. The van der Waals surface area contributed by atoms with Gasteiger partial charge in [-0.3, -0.25) is 0 Å². The monoisotopic (exact) mass is 365 g/mol. The van der Waals surface area contributed by atoms with Crippen molar-refractivity contribution in [3.8, 4) is 0 Å². The zero-order valence-corrected chi connectivity index (χ0v) is 16.5. The second-order valence-corrected chi connectivity index (χ2v) is 9.52. The van der Waals surface area contributed by atoms with Gasteiger partial charge in [0.1, 0.15) is 0 Å². The van der Waals surface area contributed by atoms with Crippen LogP contribution in [0.2, 0.25) is 0 Å². The summed E-state index contributed by atoms with van der Waals surface area (Å²) in [7, 11) is 0. The fourth-order valence-corrected chi connectivity index (χ4v) is 6.22. The van der Waals surface area contributed by atoms with Gasteiger partial charge in [0.15, 0.2) is 0 Å². The molecule has 0 radical (unpaired) electrons. The Bertz CT molecular complexity index is 1280. The smallest absolute Gasteiger partial charge is 0.0913 e. The minimum Gasteiger partial charge on any atom is -0.365 e. The predicted molar refractivity (Wildman–Crippen MR) is 112 cm³/mol. The number of benzene rings is 1. The third-order valence-electron chi connectivity index (χ3n) is 7.48. The van der Waals surface area contributed by atoms with Crippen molar-refractivity contribution in [3.63, 3.8) is 0 Å². The molecule has 2 heteroatoms. The fraction of sp³-hybridized carbons (Fsp3) is 0.308. The van der Waals surface area contributed by atoms with Gasteiger partial charge >= 0.3 is 0 Å². The van der Waals surface area contributed by atoms with E-state index in [0.717, 1.165) is 6.42 Å². The van der Waals surface area contributed by atoms with Gasteiger partial charge < -0.3 is 10.1 Å². The molecule has 2 aliphatic heterocycles. The number of hydrogen-bond acceptors (Lipinski definition) is 2. The van der Waals surface area contributed by atoms with Crippen LogP contribution in [0.5, 0.6) is 0 Å². The number of nitrogens with one attached hydrogen (secondary N) is 1. The van der Waals surface area contributed by atoms with Gasteiger partial charge in [-0.25, -0.2) is 0 Å². The van der Waals surface area contributed by atoms with E-state index in [-0.39, 0.29) is 17.6 Å². The molecule has 0 saturated carbocycles. The summed E-state index contributed by atoms with van der Waals surface area (Å²) in [5.41, 5.74) is 11.5. The fourth-order valence-electron chi connectivity index (χ4n) is 6.22. The zero-order chi connectivity index (χ0) is 18.8. The van der Waals surface area contributed by atoms with Crippen LogP contribution in [-0.2, 0) is 4.74 Å². The number of rotatable bonds is 0. The Kier molecular flexibility index (Phi) is 2.57. The number of fused-ring (bicyclic) bond motifs is 3. The summed E-state index contributed by atoms with van der Waals surface area (Å²) in [5.74, 6) is 0.335. The van der Waals surface area contributed by atoms with Crippen LogP contribution in [-0.4, -0.2) is 12.2 Å². The van der Waals surface area contributed by atoms with E-state index < -0.39 is 0 Å². The van der Waals surface area contributed by atoms with E-state index >= 15 is 0 Å². The lowest BCUT2D eigenvalue weighted by molar-refractivity contribution is -0.0604. The third-order valence-corrected chi connectivity index (χ3v) is 7.48. The van der Waals surface area contributed by atoms with Gasteiger partial charge in [-0.05, 0) is 62.9 Å². The number of allylic oxidation sites excluding steroid dienone is 6. The van der Waals surface area contributed by atoms with E-state index in [9.17, 15) is 0 Å². The quantitative estimate of drug-likeness (QED) is 0.759. The Hall–Kier alpha value is -2.58. The molecular weight excluding hydrogens is 342 g/mol. The first-order valence-corrected chi connectivity index (χ1v) is 10.4. The summed E-state index contributed by atoms with van der Waals surface area (Å²) >= 11 is 0. The van der Waals surface area contributed by atoms with Gasteiger partial charge in [0.25, 0.3) is 0 Å². The summed E-state index contributed by atoms with van der Waals surface area (Å²) < 4.78 is 6.39. The maximum absolute atomic E-state index is 6.39. The Labute approximate surface area is 165 Å². The Morgan fingerprint density at radius 1 is 1.21 bits per heavy atom. The topological polar surface area (TPSA) is 21.3 Å². The van der Waals surface area contributed by atoms with E-state index in [1.54, 1.807) is 5.57 Å². The number of ether oxygens (including phenoxy) is 1. The molecule has 0 aromatic heterocycles. The molecule has 138 valence electrons. The van der Waals surface area contributed by atoms with Crippen LogP contribution in [0.25, 0.3) is 17.2 Å². The van der Waals surface area contributed by atoms with Crippen LogP contribution in [0.1, 0.15) is 44.2 Å². The SMILES string of the molecule is CC1=C2C=C3C[C@H]4O[C@H]5C4=c4c3c(ccc4=CC5(C)C)C2C=C2NC=CC=C21. The molecule has 1 N–H and O–H groups in total. The minimum atomic E-state index is 0.0788. The molecule has 2 heterocycles. The maximum Gasteiger partial charge on any atom is 0.0913 e. The lowest BCUT2D eigenvalue weighted by atomic mass is 9.64. The molecule has 7 rings (SSSR count). The van der Waals surface area contributed by atoms with Crippen molar-refractivity contribution in [1.29, 1.82) is 0 Å². The lowest BCUT2D eigenvalue weighted by Gasteiger charge is -2.52. The van der Waals surface area contributed by atoms with Gasteiger partial charge in [0.2, 0.25) is 0 Å². The van der Waals surface area contributed by atoms with Gasteiger partial charge in [-0.15, -0.1) is 0 Å². The maximum atomic E-state index is 6.39. The van der Waals surface area contributed by atoms with E-state index in [1.807, 2.05) is 6.20 Å².